The van der Waals surface area contributed by atoms with Crippen molar-refractivity contribution >= 4 is 27.7 Å². The molecule has 0 saturated carbocycles. The quantitative estimate of drug-likeness (QED) is 0.893. The Morgan fingerprint density at radius 2 is 2.12 bits per heavy atom. The van der Waals surface area contributed by atoms with Crippen molar-refractivity contribution in [3.63, 3.8) is 0 Å². The first kappa shape index (κ1) is 13.0. The van der Waals surface area contributed by atoms with Gasteiger partial charge in [-0.1, -0.05) is 13.8 Å². The molecule has 88 valence electrons. The van der Waals surface area contributed by atoms with E-state index in [0.717, 1.165) is 0 Å². The zero-order valence-corrected chi connectivity index (χ0v) is 11.1. The van der Waals surface area contributed by atoms with Gasteiger partial charge in [0.1, 0.15) is 11.4 Å². The zero-order valence-electron chi connectivity index (χ0n) is 9.49. The van der Waals surface area contributed by atoms with Crippen LogP contribution in [0.4, 0.5) is 5.82 Å². The third kappa shape index (κ3) is 3.20. The molecule has 0 radical (unpaired) electrons. The summed E-state index contributed by atoms with van der Waals surface area (Å²) >= 11 is 3.21. The number of hydrogen-bond acceptors (Lipinski definition) is 3. The van der Waals surface area contributed by atoms with E-state index in [9.17, 15) is 4.79 Å². The van der Waals surface area contributed by atoms with Crippen molar-refractivity contribution in [2.75, 3.05) is 5.32 Å². The topological polar surface area (TPSA) is 62.2 Å². The number of carboxylic acid groups (broad SMARTS) is 1. The van der Waals surface area contributed by atoms with Crippen molar-refractivity contribution in [1.29, 1.82) is 0 Å². The third-order valence-electron chi connectivity index (χ3n) is 2.45. The summed E-state index contributed by atoms with van der Waals surface area (Å²) in [5.41, 5.74) is 0.182. The minimum atomic E-state index is -0.979. The molecule has 4 nitrogen and oxygen atoms in total. The fraction of sp³-hybridized carbons (Fsp3) is 0.455. The first-order valence-corrected chi connectivity index (χ1v) is 5.86. The molecule has 0 saturated heterocycles. The van der Waals surface area contributed by atoms with Crippen molar-refractivity contribution in [3.8, 4) is 0 Å². The van der Waals surface area contributed by atoms with Crippen LogP contribution in [0.25, 0.3) is 0 Å². The molecule has 1 atom stereocenters. The molecule has 0 aromatic carbocycles. The van der Waals surface area contributed by atoms with Crippen LogP contribution in [0.15, 0.2) is 16.7 Å². The molecule has 0 aliphatic rings. The van der Waals surface area contributed by atoms with Gasteiger partial charge in [0.15, 0.2) is 0 Å². The Kier molecular flexibility index (Phi) is 4.29. The van der Waals surface area contributed by atoms with Crippen molar-refractivity contribution in [1.82, 2.24) is 4.98 Å². The van der Waals surface area contributed by atoms with Crippen molar-refractivity contribution in [3.05, 3.63) is 22.3 Å². The molecule has 2 N–H and O–H groups in total. The highest BCUT2D eigenvalue weighted by Crippen LogP contribution is 2.19. The van der Waals surface area contributed by atoms with Gasteiger partial charge in [-0.25, -0.2) is 9.78 Å². The molecule has 16 heavy (non-hydrogen) atoms. The lowest BCUT2D eigenvalue weighted by Crippen LogP contribution is -2.23. The Morgan fingerprint density at radius 1 is 1.50 bits per heavy atom. The highest BCUT2D eigenvalue weighted by molar-refractivity contribution is 9.10. The average Bonchev–Trinajstić information content (AvgIpc) is 2.20. The number of halogens is 1. The van der Waals surface area contributed by atoms with E-state index in [0.29, 0.717) is 16.2 Å². The predicted octanol–water partition coefficient (Wildman–Crippen LogP) is 3.00. The number of rotatable bonds is 4. The number of nitrogens with one attached hydrogen (secondary N) is 1. The lowest BCUT2D eigenvalue weighted by molar-refractivity contribution is 0.0697. The molecule has 1 aromatic rings. The SMILES string of the molecule is CC(C)C(C)Nc1ncc(Br)cc1C(=O)O. The molecule has 1 heterocycles. The van der Waals surface area contributed by atoms with Gasteiger partial charge in [-0.15, -0.1) is 0 Å². The second-order valence-electron chi connectivity index (χ2n) is 4.03. The molecule has 5 heteroatoms. The Morgan fingerprint density at radius 3 is 2.62 bits per heavy atom. The molecular formula is C11H15BrN2O2. The van der Waals surface area contributed by atoms with Gasteiger partial charge >= 0.3 is 5.97 Å². The van der Waals surface area contributed by atoms with Crippen molar-refractivity contribution in [2.24, 2.45) is 5.92 Å². The largest absolute Gasteiger partial charge is 0.478 e. The summed E-state index contributed by atoms with van der Waals surface area (Å²) in [7, 11) is 0. The number of aromatic nitrogens is 1. The third-order valence-corrected chi connectivity index (χ3v) is 2.88. The first-order chi connectivity index (χ1) is 7.41. The van der Waals surface area contributed by atoms with E-state index in [-0.39, 0.29) is 11.6 Å². The molecule has 0 amide bonds. The van der Waals surface area contributed by atoms with Crippen LogP contribution in [0.1, 0.15) is 31.1 Å². The maximum absolute atomic E-state index is 11.0. The fourth-order valence-electron chi connectivity index (χ4n) is 1.10. The van der Waals surface area contributed by atoms with Gasteiger partial charge < -0.3 is 10.4 Å². The second-order valence-corrected chi connectivity index (χ2v) is 4.95. The number of carboxylic acids is 1. The minimum Gasteiger partial charge on any atom is -0.478 e. The molecule has 0 bridgehead atoms. The Balaban J connectivity index is 2.99. The highest BCUT2D eigenvalue weighted by atomic mass is 79.9. The van der Waals surface area contributed by atoms with E-state index in [1.807, 2.05) is 6.92 Å². The Bertz CT molecular complexity index is 394. The standard InChI is InChI=1S/C11H15BrN2O2/c1-6(2)7(3)14-10-9(11(15)16)4-8(12)5-13-10/h4-7H,1-3H3,(H,13,14)(H,15,16). The molecular weight excluding hydrogens is 272 g/mol. The molecule has 0 aliphatic heterocycles. The van der Waals surface area contributed by atoms with Crippen molar-refractivity contribution in [2.45, 2.75) is 26.8 Å². The van der Waals surface area contributed by atoms with Gasteiger partial charge in [0, 0.05) is 16.7 Å². The van der Waals surface area contributed by atoms with E-state index in [1.54, 1.807) is 12.3 Å². The molecule has 0 aliphatic carbocycles. The van der Waals surface area contributed by atoms with Gasteiger partial charge in [-0.05, 0) is 34.8 Å². The second kappa shape index (κ2) is 5.30. The molecule has 0 fully saturated rings. The maximum atomic E-state index is 11.0. The summed E-state index contributed by atoms with van der Waals surface area (Å²) < 4.78 is 0.660. The van der Waals surface area contributed by atoms with E-state index in [1.165, 1.54) is 0 Å². The van der Waals surface area contributed by atoms with E-state index >= 15 is 0 Å². The number of anilines is 1. The van der Waals surface area contributed by atoms with Crippen molar-refractivity contribution < 1.29 is 9.90 Å². The van der Waals surface area contributed by atoms with Gasteiger partial charge in [0.05, 0.1) is 0 Å². The normalized spacial score (nSPS) is 12.6. The van der Waals surface area contributed by atoms with Crippen LogP contribution in [0.3, 0.4) is 0 Å². The number of pyridine rings is 1. The summed E-state index contributed by atoms with van der Waals surface area (Å²) in [4.78, 5) is 15.1. The lowest BCUT2D eigenvalue weighted by Gasteiger charge is -2.19. The van der Waals surface area contributed by atoms with E-state index in [2.05, 4.69) is 40.1 Å². The molecule has 0 spiro atoms. The summed E-state index contributed by atoms with van der Waals surface area (Å²) in [6.45, 7) is 6.13. The number of carbonyl (C=O) groups is 1. The summed E-state index contributed by atoms with van der Waals surface area (Å²) in [6.07, 6.45) is 1.59. The number of nitrogens with zero attached hydrogens (tertiary/aromatic N) is 1. The Labute approximate surface area is 103 Å². The van der Waals surface area contributed by atoms with Gasteiger partial charge in [-0.2, -0.15) is 0 Å². The molecule has 1 aromatic heterocycles. The highest BCUT2D eigenvalue weighted by Gasteiger charge is 2.15. The van der Waals surface area contributed by atoms with Crippen LogP contribution in [0, 0.1) is 5.92 Å². The minimum absolute atomic E-state index is 0.173. The monoisotopic (exact) mass is 286 g/mol. The van der Waals surface area contributed by atoms with E-state index < -0.39 is 5.97 Å². The maximum Gasteiger partial charge on any atom is 0.339 e. The van der Waals surface area contributed by atoms with Crippen LogP contribution in [0.5, 0.6) is 0 Å². The van der Waals surface area contributed by atoms with E-state index in [4.69, 9.17) is 5.11 Å². The average molecular weight is 287 g/mol. The van der Waals surface area contributed by atoms with Gasteiger partial charge in [-0.3, -0.25) is 0 Å². The van der Waals surface area contributed by atoms with Crippen LogP contribution >= 0.6 is 15.9 Å². The summed E-state index contributed by atoms with van der Waals surface area (Å²) in [6, 6.07) is 1.72. The first-order valence-electron chi connectivity index (χ1n) is 5.07. The summed E-state index contributed by atoms with van der Waals surface area (Å²) in [5, 5.41) is 12.1. The molecule has 1 rings (SSSR count). The van der Waals surface area contributed by atoms with Crippen LogP contribution in [0.2, 0.25) is 0 Å². The molecule has 1 unspecified atom stereocenters. The van der Waals surface area contributed by atoms with Gasteiger partial charge in [0.2, 0.25) is 0 Å². The van der Waals surface area contributed by atoms with Crippen LogP contribution < -0.4 is 5.32 Å². The summed E-state index contributed by atoms with van der Waals surface area (Å²) in [5.74, 6) is -0.156. The lowest BCUT2D eigenvalue weighted by atomic mass is 10.1. The predicted molar refractivity (Wildman–Crippen MR) is 66.8 cm³/mol. The number of aromatic carboxylic acids is 1. The number of hydrogen-bond donors (Lipinski definition) is 2. The zero-order chi connectivity index (χ0) is 12.3. The van der Waals surface area contributed by atoms with Crippen LogP contribution in [-0.4, -0.2) is 22.1 Å². The smallest absolute Gasteiger partial charge is 0.339 e. The fourth-order valence-corrected chi connectivity index (χ4v) is 1.43. The van der Waals surface area contributed by atoms with Gasteiger partial charge in [0.25, 0.3) is 0 Å². The van der Waals surface area contributed by atoms with Crippen LogP contribution in [-0.2, 0) is 0 Å². The Hall–Kier alpha value is -1.10.